The highest BCUT2D eigenvalue weighted by Crippen LogP contribution is 2.22. The molecule has 0 radical (unpaired) electrons. The van der Waals surface area contributed by atoms with E-state index in [-0.39, 0.29) is 0 Å². The summed E-state index contributed by atoms with van der Waals surface area (Å²) in [7, 11) is 0. The lowest BCUT2D eigenvalue weighted by molar-refractivity contribution is 0.885. The highest BCUT2D eigenvalue weighted by atomic mass is 15.3. The van der Waals surface area contributed by atoms with Gasteiger partial charge in [-0.1, -0.05) is 24.3 Å². The van der Waals surface area contributed by atoms with Crippen LogP contribution in [0.25, 0.3) is 27.8 Å². The Morgan fingerprint density at radius 3 is 2.62 bits per heavy atom. The zero-order chi connectivity index (χ0) is 14.1. The van der Waals surface area contributed by atoms with Crippen LogP contribution in [0.1, 0.15) is 0 Å². The SMILES string of the molecule is c1ccc(-c2cnn(-c3cccc4cccnc34)c2)nc1. The molecular weight excluding hydrogens is 260 g/mol. The lowest BCUT2D eigenvalue weighted by atomic mass is 10.2. The molecule has 1 aromatic carbocycles. The molecular formula is C17H12N4. The van der Waals surface area contributed by atoms with Gasteiger partial charge in [0.1, 0.15) is 0 Å². The second-order valence-corrected chi connectivity index (χ2v) is 4.74. The Hall–Kier alpha value is -3.01. The average molecular weight is 272 g/mol. The fraction of sp³-hybridized carbons (Fsp3) is 0. The first-order valence-corrected chi connectivity index (χ1v) is 6.72. The molecule has 4 aromatic rings. The smallest absolute Gasteiger partial charge is 0.0958 e. The summed E-state index contributed by atoms with van der Waals surface area (Å²) in [4.78, 5) is 8.81. The van der Waals surface area contributed by atoms with Gasteiger partial charge in [-0.15, -0.1) is 0 Å². The molecule has 0 atom stereocenters. The van der Waals surface area contributed by atoms with Crippen molar-refractivity contribution in [1.29, 1.82) is 0 Å². The van der Waals surface area contributed by atoms with E-state index in [1.165, 1.54) is 0 Å². The Kier molecular flexibility index (Phi) is 2.71. The highest BCUT2D eigenvalue weighted by Gasteiger charge is 2.07. The minimum atomic E-state index is 0.914. The summed E-state index contributed by atoms with van der Waals surface area (Å²) >= 11 is 0. The summed E-state index contributed by atoms with van der Waals surface area (Å²) in [6.45, 7) is 0. The Morgan fingerprint density at radius 1 is 0.810 bits per heavy atom. The van der Waals surface area contributed by atoms with Crippen molar-refractivity contribution in [1.82, 2.24) is 19.7 Å². The van der Waals surface area contributed by atoms with E-state index < -0.39 is 0 Å². The first-order chi connectivity index (χ1) is 10.4. The molecule has 4 heteroatoms. The largest absolute Gasteiger partial charge is 0.256 e. The second kappa shape index (κ2) is 4.83. The van der Waals surface area contributed by atoms with E-state index >= 15 is 0 Å². The van der Waals surface area contributed by atoms with Gasteiger partial charge in [-0.2, -0.15) is 5.10 Å². The molecule has 4 rings (SSSR count). The third-order valence-corrected chi connectivity index (χ3v) is 3.40. The van der Waals surface area contributed by atoms with Crippen LogP contribution in [0, 0.1) is 0 Å². The average Bonchev–Trinajstić information content (AvgIpc) is 3.05. The number of hydrogen-bond donors (Lipinski definition) is 0. The molecule has 3 aromatic heterocycles. The molecule has 0 unspecified atom stereocenters. The predicted molar refractivity (Wildman–Crippen MR) is 82.1 cm³/mol. The zero-order valence-corrected chi connectivity index (χ0v) is 11.2. The van der Waals surface area contributed by atoms with Crippen molar-refractivity contribution in [2.45, 2.75) is 0 Å². The van der Waals surface area contributed by atoms with Gasteiger partial charge in [0.25, 0.3) is 0 Å². The molecule has 4 nitrogen and oxygen atoms in total. The molecule has 21 heavy (non-hydrogen) atoms. The number of benzene rings is 1. The normalized spacial score (nSPS) is 10.9. The van der Waals surface area contributed by atoms with Crippen molar-refractivity contribution in [3.8, 4) is 16.9 Å². The number of aromatic nitrogens is 4. The van der Waals surface area contributed by atoms with Crippen molar-refractivity contribution < 1.29 is 0 Å². The van der Waals surface area contributed by atoms with Gasteiger partial charge in [-0.3, -0.25) is 9.97 Å². The summed E-state index contributed by atoms with van der Waals surface area (Å²) in [6.07, 6.45) is 7.39. The molecule has 0 saturated heterocycles. The van der Waals surface area contributed by atoms with Crippen molar-refractivity contribution in [2.24, 2.45) is 0 Å². The number of nitrogens with zero attached hydrogens (tertiary/aromatic N) is 4. The van der Waals surface area contributed by atoms with E-state index in [0.717, 1.165) is 27.8 Å². The van der Waals surface area contributed by atoms with E-state index in [1.807, 2.05) is 53.5 Å². The van der Waals surface area contributed by atoms with Crippen LogP contribution in [-0.4, -0.2) is 19.7 Å². The third-order valence-electron chi connectivity index (χ3n) is 3.40. The van der Waals surface area contributed by atoms with Crippen LogP contribution < -0.4 is 0 Å². The maximum atomic E-state index is 4.46. The molecule has 0 amide bonds. The Bertz CT molecular complexity index is 891. The minimum Gasteiger partial charge on any atom is -0.256 e. The van der Waals surface area contributed by atoms with Crippen LogP contribution in [0.5, 0.6) is 0 Å². The predicted octanol–water partition coefficient (Wildman–Crippen LogP) is 3.48. The minimum absolute atomic E-state index is 0.914. The second-order valence-electron chi connectivity index (χ2n) is 4.74. The van der Waals surface area contributed by atoms with Gasteiger partial charge < -0.3 is 0 Å². The van der Waals surface area contributed by atoms with E-state index in [2.05, 4.69) is 27.2 Å². The summed E-state index contributed by atoms with van der Waals surface area (Å²) in [5.74, 6) is 0. The lowest BCUT2D eigenvalue weighted by Crippen LogP contribution is -1.96. The summed E-state index contributed by atoms with van der Waals surface area (Å²) in [5.41, 5.74) is 3.81. The van der Waals surface area contributed by atoms with Gasteiger partial charge in [-0.05, 0) is 24.3 Å². The Balaban J connectivity index is 1.85. The van der Waals surface area contributed by atoms with Gasteiger partial charge in [0, 0.05) is 29.5 Å². The van der Waals surface area contributed by atoms with E-state index in [0.29, 0.717) is 0 Å². The van der Waals surface area contributed by atoms with Crippen LogP contribution >= 0.6 is 0 Å². The van der Waals surface area contributed by atoms with Crippen molar-refractivity contribution >= 4 is 10.9 Å². The van der Waals surface area contributed by atoms with E-state index in [1.54, 1.807) is 12.4 Å². The Labute approximate surface area is 121 Å². The molecule has 0 aliphatic carbocycles. The van der Waals surface area contributed by atoms with Gasteiger partial charge in [0.15, 0.2) is 0 Å². The maximum Gasteiger partial charge on any atom is 0.0958 e. The number of rotatable bonds is 2. The molecule has 0 bridgehead atoms. The Morgan fingerprint density at radius 2 is 1.71 bits per heavy atom. The number of hydrogen-bond acceptors (Lipinski definition) is 3. The fourth-order valence-electron chi connectivity index (χ4n) is 2.39. The van der Waals surface area contributed by atoms with Crippen molar-refractivity contribution in [2.75, 3.05) is 0 Å². The molecule has 0 aliphatic heterocycles. The quantitative estimate of drug-likeness (QED) is 0.561. The van der Waals surface area contributed by atoms with Crippen molar-refractivity contribution in [3.63, 3.8) is 0 Å². The van der Waals surface area contributed by atoms with Crippen LogP contribution in [0.2, 0.25) is 0 Å². The molecule has 0 fully saturated rings. The van der Waals surface area contributed by atoms with Crippen LogP contribution in [0.3, 0.4) is 0 Å². The summed E-state index contributed by atoms with van der Waals surface area (Å²) < 4.78 is 1.85. The van der Waals surface area contributed by atoms with Gasteiger partial charge in [0.05, 0.1) is 23.1 Å². The third kappa shape index (κ3) is 2.07. The molecule has 0 N–H and O–H groups in total. The summed E-state index contributed by atoms with van der Waals surface area (Å²) in [6, 6.07) is 15.9. The molecule has 100 valence electrons. The first kappa shape index (κ1) is 11.8. The fourth-order valence-corrected chi connectivity index (χ4v) is 2.39. The standard InChI is InChI=1S/C17H12N4/c1-2-9-18-15(7-1)14-11-20-21(12-14)16-8-3-5-13-6-4-10-19-17(13)16/h1-12H. The molecule has 3 heterocycles. The number of para-hydroxylation sites is 1. The number of pyridine rings is 2. The molecule has 0 spiro atoms. The number of fused-ring (bicyclic) bond motifs is 1. The molecule has 0 aliphatic rings. The van der Waals surface area contributed by atoms with Crippen LogP contribution in [-0.2, 0) is 0 Å². The molecule has 0 saturated carbocycles. The monoisotopic (exact) mass is 272 g/mol. The van der Waals surface area contributed by atoms with Crippen LogP contribution in [0.15, 0.2) is 73.3 Å². The maximum absolute atomic E-state index is 4.46. The van der Waals surface area contributed by atoms with Gasteiger partial charge in [-0.25, -0.2) is 4.68 Å². The highest BCUT2D eigenvalue weighted by molar-refractivity contribution is 5.86. The topological polar surface area (TPSA) is 43.6 Å². The van der Waals surface area contributed by atoms with Gasteiger partial charge in [0.2, 0.25) is 0 Å². The lowest BCUT2D eigenvalue weighted by Gasteiger charge is -2.05. The van der Waals surface area contributed by atoms with Gasteiger partial charge >= 0.3 is 0 Å². The first-order valence-electron chi connectivity index (χ1n) is 6.72. The van der Waals surface area contributed by atoms with E-state index in [9.17, 15) is 0 Å². The van der Waals surface area contributed by atoms with Crippen molar-refractivity contribution in [3.05, 3.63) is 73.3 Å². The zero-order valence-electron chi connectivity index (χ0n) is 11.2. The van der Waals surface area contributed by atoms with Crippen LogP contribution in [0.4, 0.5) is 0 Å². The van der Waals surface area contributed by atoms with E-state index in [4.69, 9.17) is 0 Å². The summed E-state index contributed by atoms with van der Waals surface area (Å²) in [5, 5.41) is 5.55.